The number of pyridine rings is 1. The quantitative estimate of drug-likeness (QED) is 0.203. The lowest BCUT2D eigenvalue weighted by atomic mass is 9.68. The van der Waals surface area contributed by atoms with Gasteiger partial charge in [-0.3, -0.25) is 14.5 Å². The summed E-state index contributed by atoms with van der Waals surface area (Å²) in [5, 5.41) is 3.49. The highest BCUT2D eigenvalue weighted by molar-refractivity contribution is 6.30. The van der Waals surface area contributed by atoms with Crippen LogP contribution in [0.25, 0.3) is 0 Å². The summed E-state index contributed by atoms with van der Waals surface area (Å²) in [7, 11) is 0. The smallest absolute Gasteiger partial charge is 0.391 e. The van der Waals surface area contributed by atoms with Crippen molar-refractivity contribution in [3.8, 4) is 5.88 Å². The molecule has 0 saturated carbocycles. The van der Waals surface area contributed by atoms with Crippen molar-refractivity contribution in [2.45, 2.75) is 37.9 Å². The Morgan fingerprint density at radius 1 is 0.814 bits per heavy atom. The van der Waals surface area contributed by atoms with E-state index in [-0.39, 0.29) is 12.0 Å². The molecule has 1 saturated heterocycles. The van der Waals surface area contributed by atoms with Gasteiger partial charge in [-0.1, -0.05) is 90.5 Å². The molecule has 0 bridgehead atoms. The molecule has 0 unspecified atom stereocenters. The molecule has 43 heavy (non-hydrogen) atoms. The maximum absolute atomic E-state index is 12.9. The second-order valence-corrected chi connectivity index (χ2v) is 11.3. The molecule has 218 valence electrons. The van der Waals surface area contributed by atoms with Crippen LogP contribution < -0.4 is 10.1 Å². The number of piperidine rings is 1. The topological polar surface area (TPSA) is 72.3 Å². The Kier molecular flexibility index (Phi) is 8.82. The highest BCUT2D eigenvalue weighted by atomic mass is 35.5. The van der Waals surface area contributed by atoms with Crippen molar-refractivity contribution in [3.63, 3.8) is 0 Å². The first-order valence-electron chi connectivity index (χ1n) is 14.6. The number of rotatable bonds is 9. The van der Waals surface area contributed by atoms with Gasteiger partial charge in [0.15, 0.2) is 0 Å². The number of hydrogen-bond donors (Lipinski definition) is 1. The van der Waals surface area contributed by atoms with Crippen molar-refractivity contribution in [1.82, 2.24) is 24.8 Å². The van der Waals surface area contributed by atoms with Gasteiger partial charge >= 0.3 is 6.09 Å². The van der Waals surface area contributed by atoms with E-state index in [4.69, 9.17) is 21.3 Å². The number of nitrogens with zero attached hydrogens (tertiary/aromatic N) is 4. The molecular formula is C35H34ClN5O2. The molecule has 2 aromatic heterocycles. The molecular weight excluding hydrogens is 558 g/mol. The van der Waals surface area contributed by atoms with Gasteiger partial charge in [-0.05, 0) is 66.9 Å². The van der Waals surface area contributed by atoms with Crippen LogP contribution in [0.1, 0.15) is 40.9 Å². The molecule has 3 aromatic carbocycles. The van der Waals surface area contributed by atoms with Gasteiger partial charge in [-0.15, -0.1) is 0 Å². The molecule has 1 fully saturated rings. The predicted octanol–water partition coefficient (Wildman–Crippen LogP) is 6.85. The zero-order chi connectivity index (χ0) is 29.5. The number of benzene rings is 3. The lowest BCUT2D eigenvalue weighted by Crippen LogP contribution is -2.43. The maximum atomic E-state index is 12.9. The molecule has 0 spiro atoms. The lowest BCUT2D eigenvalue weighted by molar-refractivity contribution is 0.167. The number of imidazole rings is 1. The largest absolute Gasteiger partial charge is 0.414 e. The number of carbonyl (C=O) groups excluding carboxylic acids is 1. The lowest BCUT2D eigenvalue weighted by Gasteiger charge is -2.42. The summed E-state index contributed by atoms with van der Waals surface area (Å²) in [6.07, 6.45) is 4.86. The van der Waals surface area contributed by atoms with E-state index in [2.05, 4.69) is 75.9 Å². The van der Waals surface area contributed by atoms with Gasteiger partial charge in [0.2, 0.25) is 5.88 Å². The van der Waals surface area contributed by atoms with Crippen molar-refractivity contribution < 1.29 is 9.53 Å². The zero-order valence-electron chi connectivity index (χ0n) is 23.9. The molecule has 1 aliphatic rings. The summed E-state index contributed by atoms with van der Waals surface area (Å²) in [5.74, 6) is 0.441. The van der Waals surface area contributed by atoms with Gasteiger partial charge in [-0.25, -0.2) is 9.78 Å². The van der Waals surface area contributed by atoms with Crippen molar-refractivity contribution >= 4 is 17.7 Å². The highest BCUT2D eigenvalue weighted by Crippen LogP contribution is 2.42. The minimum atomic E-state index is -0.546. The number of amides is 1. The first-order chi connectivity index (χ1) is 21.1. The van der Waals surface area contributed by atoms with Crippen molar-refractivity contribution in [2.75, 3.05) is 13.1 Å². The average Bonchev–Trinajstić information content (AvgIpc) is 3.42. The fourth-order valence-electron chi connectivity index (χ4n) is 5.89. The molecule has 3 heterocycles. The van der Waals surface area contributed by atoms with Crippen molar-refractivity contribution in [2.24, 2.45) is 0 Å². The number of aromatic nitrogens is 3. The van der Waals surface area contributed by atoms with E-state index < -0.39 is 6.09 Å². The van der Waals surface area contributed by atoms with Gasteiger partial charge in [-0.2, -0.15) is 0 Å². The minimum Gasteiger partial charge on any atom is -0.391 e. The standard InChI is InChI=1S/C35H34ClN5O2/c36-30-16-14-27(15-17-30)24-41-26-39-32(33(41)43-34(42)38-23-31-13-7-8-20-37-31)25-40-21-18-35(19-22-40,28-9-3-1-4-10-28)29-11-5-2-6-12-29/h1-17,20,26H,18-19,21-25H2,(H,38,42). The predicted molar refractivity (Wildman–Crippen MR) is 168 cm³/mol. The van der Waals surface area contributed by atoms with E-state index in [1.54, 1.807) is 12.5 Å². The first kappa shape index (κ1) is 28.6. The number of carbonyl (C=O) groups is 1. The SMILES string of the molecule is O=C(NCc1ccccn1)Oc1c(CN2CCC(c3ccccc3)(c3ccccc3)CC2)ncn1Cc1ccc(Cl)cc1. The average molecular weight is 592 g/mol. The van der Waals surface area contributed by atoms with Gasteiger partial charge in [0.25, 0.3) is 0 Å². The Hall–Kier alpha value is -4.46. The summed E-state index contributed by atoms with van der Waals surface area (Å²) < 4.78 is 7.80. The second-order valence-electron chi connectivity index (χ2n) is 10.9. The third kappa shape index (κ3) is 6.79. The van der Waals surface area contributed by atoms with E-state index in [1.807, 2.05) is 47.0 Å². The molecule has 6 rings (SSSR count). The summed E-state index contributed by atoms with van der Waals surface area (Å²) in [6, 6.07) is 34.9. The highest BCUT2D eigenvalue weighted by Gasteiger charge is 2.38. The van der Waals surface area contributed by atoms with Crippen LogP contribution >= 0.6 is 11.6 Å². The Labute approximate surface area is 257 Å². The molecule has 1 aliphatic heterocycles. The molecule has 0 aliphatic carbocycles. The van der Waals surface area contributed by atoms with Crippen LogP contribution in [-0.4, -0.2) is 38.6 Å². The van der Waals surface area contributed by atoms with Gasteiger partial charge < -0.3 is 10.1 Å². The number of hydrogen-bond acceptors (Lipinski definition) is 5. The van der Waals surface area contributed by atoms with Crippen LogP contribution in [0.5, 0.6) is 5.88 Å². The Bertz CT molecular complexity index is 1580. The fraction of sp³-hybridized carbons (Fsp3) is 0.229. The zero-order valence-corrected chi connectivity index (χ0v) is 24.7. The third-order valence-electron chi connectivity index (χ3n) is 8.19. The Balaban J connectivity index is 1.20. The van der Waals surface area contributed by atoms with E-state index in [0.29, 0.717) is 24.0 Å². The Morgan fingerprint density at radius 2 is 1.47 bits per heavy atom. The summed E-state index contributed by atoms with van der Waals surface area (Å²) in [5.41, 5.74) is 5.17. The van der Waals surface area contributed by atoms with E-state index >= 15 is 0 Å². The number of likely N-dealkylation sites (tertiary alicyclic amines) is 1. The summed E-state index contributed by atoms with van der Waals surface area (Å²) in [6.45, 7) is 3.13. The van der Waals surface area contributed by atoms with Crippen LogP contribution in [0.3, 0.4) is 0 Å². The van der Waals surface area contributed by atoms with Gasteiger partial charge in [0.1, 0.15) is 5.69 Å². The van der Waals surface area contributed by atoms with Crippen molar-refractivity contribution in [1.29, 1.82) is 0 Å². The van der Waals surface area contributed by atoms with Crippen LogP contribution in [0.4, 0.5) is 4.79 Å². The normalized spacial score (nSPS) is 14.7. The van der Waals surface area contributed by atoms with Crippen LogP contribution in [0.15, 0.2) is 116 Å². The van der Waals surface area contributed by atoms with Crippen LogP contribution in [0.2, 0.25) is 5.02 Å². The monoisotopic (exact) mass is 591 g/mol. The molecule has 8 heteroatoms. The molecule has 0 radical (unpaired) electrons. The van der Waals surface area contributed by atoms with Gasteiger partial charge in [0.05, 0.1) is 25.1 Å². The maximum Gasteiger partial charge on any atom is 0.414 e. The summed E-state index contributed by atoms with van der Waals surface area (Å²) in [4.78, 5) is 24.3. The van der Waals surface area contributed by atoms with Crippen LogP contribution in [-0.2, 0) is 25.0 Å². The number of ether oxygens (including phenoxy) is 1. The number of nitrogens with one attached hydrogen (secondary N) is 1. The molecule has 1 N–H and O–H groups in total. The van der Waals surface area contributed by atoms with E-state index in [9.17, 15) is 4.79 Å². The molecule has 5 aromatic rings. The molecule has 7 nitrogen and oxygen atoms in total. The Morgan fingerprint density at radius 3 is 2.09 bits per heavy atom. The van der Waals surface area contributed by atoms with Crippen molar-refractivity contribution in [3.05, 3.63) is 149 Å². The molecule has 0 atom stereocenters. The minimum absolute atomic E-state index is 0.0440. The molecule has 1 amide bonds. The fourth-order valence-corrected chi connectivity index (χ4v) is 6.02. The van der Waals surface area contributed by atoms with E-state index in [0.717, 1.165) is 42.9 Å². The number of halogens is 1. The van der Waals surface area contributed by atoms with Crippen LogP contribution in [0, 0.1) is 0 Å². The van der Waals surface area contributed by atoms with Gasteiger partial charge in [0, 0.05) is 23.2 Å². The summed E-state index contributed by atoms with van der Waals surface area (Å²) >= 11 is 6.10. The van der Waals surface area contributed by atoms with E-state index in [1.165, 1.54) is 11.1 Å². The second kappa shape index (κ2) is 13.2. The third-order valence-corrected chi connectivity index (χ3v) is 8.44. The first-order valence-corrected chi connectivity index (χ1v) is 14.9.